The number of hydroxylamine groups is 1. The summed E-state index contributed by atoms with van der Waals surface area (Å²) in [6, 6.07) is 8.72. The zero-order valence-corrected chi connectivity index (χ0v) is 14.5. The highest BCUT2D eigenvalue weighted by molar-refractivity contribution is 5.98. The van der Waals surface area contributed by atoms with Crippen molar-refractivity contribution in [2.75, 3.05) is 6.61 Å². The third kappa shape index (κ3) is 3.46. The number of aryl methyl sites for hydroxylation is 1. The Morgan fingerprint density at radius 2 is 2.19 bits per heavy atom. The van der Waals surface area contributed by atoms with Crippen LogP contribution in [0.3, 0.4) is 0 Å². The van der Waals surface area contributed by atoms with Crippen LogP contribution < -0.4 is 5.48 Å². The largest absolute Gasteiger partial charge is 0.331 e. The first-order valence-corrected chi connectivity index (χ1v) is 8.72. The Labute approximate surface area is 150 Å². The van der Waals surface area contributed by atoms with Gasteiger partial charge in [-0.2, -0.15) is 0 Å². The molecule has 6 heteroatoms. The summed E-state index contributed by atoms with van der Waals surface area (Å²) < 4.78 is 16.1. The molecule has 26 heavy (non-hydrogen) atoms. The van der Waals surface area contributed by atoms with E-state index >= 15 is 0 Å². The molecule has 1 amide bonds. The van der Waals surface area contributed by atoms with E-state index in [1.165, 1.54) is 6.07 Å². The second kappa shape index (κ2) is 6.88. The molecule has 1 aliphatic rings. The number of nitrogens with zero attached hydrogens (tertiary/aromatic N) is 2. The van der Waals surface area contributed by atoms with Crippen LogP contribution in [-0.2, 0) is 11.4 Å². The number of rotatable bonds is 6. The fraction of sp³-hybridized carbons (Fsp3) is 0.300. The Hall–Kier alpha value is -2.73. The topological polar surface area (TPSA) is 56.2 Å². The molecule has 0 bridgehead atoms. The smallest absolute Gasteiger partial charge is 0.291 e. The molecule has 0 aliphatic heterocycles. The van der Waals surface area contributed by atoms with Gasteiger partial charge in [0.1, 0.15) is 11.5 Å². The van der Waals surface area contributed by atoms with Crippen LogP contribution in [0, 0.1) is 18.7 Å². The van der Waals surface area contributed by atoms with Crippen LogP contribution in [-0.4, -0.2) is 22.1 Å². The van der Waals surface area contributed by atoms with Crippen molar-refractivity contribution in [2.24, 2.45) is 5.92 Å². The number of pyridine rings is 1. The van der Waals surface area contributed by atoms with Gasteiger partial charge in [-0.15, -0.1) is 0 Å². The van der Waals surface area contributed by atoms with E-state index < -0.39 is 0 Å². The average Bonchev–Trinajstić information content (AvgIpc) is 3.37. The molecule has 1 aromatic carbocycles. The van der Waals surface area contributed by atoms with E-state index in [0.717, 1.165) is 29.3 Å². The maximum Gasteiger partial charge on any atom is 0.291 e. The number of amides is 1. The summed E-state index contributed by atoms with van der Waals surface area (Å²) in [5.74, 6) is -0.0755. The monoisotopic (exact) mass is 353 g/mol. The van der Waals surface area contributed by atoms with Crippen molar-refractivity contribution in [1.82, 2.24) is 15.0 Å². The summed E-state index contributed by atoms with van der Waals surface area (Å²) in [7, 11) is 0. The van der Waals surface area contributed by atoms with Crippen molar-refractivity contribution < 1.29 is 14.0 Å². The van der Waals surface area contributed by atoms with Crippen molar-refractivity contribution in [3.05, 3.63) is 65.4 Å². The molecule has 0 spiro atoms. The lowest BCUT2D eigenvalue weighted by Crippen LogP contribution is -2.27. The summed E-state index contributed by atoms with van der Waals surface area (Å²) in [6.07, 6.45) is 5.65. The van der Waals surface area contributed by atoms with E-state index in [4.69, 9.17) is 4.84 Å². The summed E-state index contributed by atoms with van der Waals surface area (Å²) in [5, 5.41) is 0.875. The molecule has 3 aromatic rings. The van der Waals surface area contributed by atoms with Gasteiger partial charge in [-0.05, 0) is 49.4 Å². The van der Waals surface area contributed by atoms with Gasteiger partial charge in [-0.3, -0.25) is 14.6 Å². The van der Waals surface area contributed by atoms with Crippen molar-refractivity contribution in [3.8, 4) is 0 Å². The molecule has 0 atom stereocenters. The van der Waals surface area contributed by atoms with Crippen LogP contribution in [0.15, 0.2) is 42.7 Å². The molecule has 1 fully saturated rings. The highest BCUT2D eigenvalue weighted by Gasteiger charge is 2.23. The summed E-state index contributed by atoms with van der Waals surface area (Å²) in [4.78, 5) is 22.0. The number of carbonyl (C=O) groups is 1. The number of fused-ring (bicyclic) bond motifs is 1. The minimum atomic E-state index is -0.339. The van der Waals surface area contributed by atoms with Crippen molar-refractivity contribution in [2.45, 2.75) is 26.3 Å². The van der Waals surface area contributed by atoms with Crippen LogP contribution in [0.2, 0.25) is 0 Å². The van der Waals surface area contributed by atoms with Gasteiger partial charge in [0.15, 0.2) is 0 Å². The Morgan fingerprint density at radius 3 is 2.96 bits per heavy atom. The van der Waals surface area contributed by atoms with E-state index in [-0.39, 0.29) is 18.3 Å². The fourth-order valence-electron chi connectivity index (χ4n) is 2.97. The molecule has 0 saturated heterocycles. The van der Waals surface area contributed by atoms with E-state index in [1.807, 2.05) is 19.1 Å². The second-order valence-corrected chi connectivity index (χ2v) is 6.83. The van der Waals surface area contributed by atoms with Gasteiger partial charge in [-0.25, -0.2) is 9.87 Å². The minimum Gasteiger partial charge on any atom is -0.331 e. The van der Waals surface area contributed by atoms with E-state index in [1.54, 1.807) is 29.1 Å². The van der Waals surface area contributed by atoms with Crippen molar-refractivity contribution in [1.29, 1.82) is 0 Å². The molecule has 134 valence electrons. The molecule has 1 saturated carbocycles. The zero-order valence-electron chi connectivity index (χ0n) is 14.5. The van der Waals surface area contributed by atoms with Gasteiger partial charge in [-0.1, -0.05) is 12.1 Å². The summed E-state index contributed by atoms with van der Waals surface area (Å²) in [6.45, 7) is 2.62. The lowest BCUT2D eigenvalue weighted by Gasteiger charge is -2.12. The molecule has 2 aromatic heterocycles. The third-order valence-electron chi connectivity index (χ3n) is 4.66. The third-order valence-corrected chi connectivity index (χ3v) is 4.66. The van der Waals surface area contributed by atoms with Gasteiger partial charge in [0.05, 0.1) is 24.9 Å². The van der Waals surface area contributed by atoms with Gasteiger partial charge < -0.3 is 4.57 Å². The van der Waals surface area contributed by atoms with Crippen molar-refractivity contribution >= 4 is 16.8 Å². The minimum absolute atomic E-state index is 0.243. The van der Waals surface area contributed by atoms with E-state index in [0.29, 0.717) is 23.8 Å². The number of halogens is 1. The van der Waals surface area contributed by atoms with Crippen LogP contribution in [0.25, 0.3) is 10.9 Å². The number of benzene rings is 1. The standard InChI is InChI=1S/C20H20FN3O2/c1-13-2-5-16(17(21)8-13)11-24-18(9-15-6-7-22-10-19(15)24)20(25)23-26-12-14-3-4-14/h2,5-10,14H,3-4,11-12H2,1H3,(H,23,25). The number of carbonyl (C=O) groups excluding carboxylic acids is 1. The maximum absolute atomic E-state index is 14.3. The average molecular weight is 353 g/mol. The molecule has 1 N–H and O–H groups in total. The molecule has 4 rings (SSSR count). The highest BCUT2D eigenvalue weighted by Crippen LogP contribution is 2.28. The van der Waals surface area contributed by atoms with Gasteiger partial charge in [0.25, 0.3) is 5.91 Å². The van der Waals surface area contributed by atoms with Gasteiger partial charge in [0, 0.05) is 17.1 Å². The SMILES string of the molecule is Cc1ccc(Cn2c(C(=O)NOCC3CC3)cc3ccncc32)c(F)c1. The summed E-state index contributed by atoms with van der Waals surface area (Å²) >= 11 is 0. The van der Waals surface area contributed by atoms with Gasteiger partial charge in [0.2, 0.25) is 0 Å². The first kappa shape index (κ1) is 16.7. The van der Waals surface area contributed by atoms with E-state index in [2.05, 4.69) is 10.5 Å². The fourth-order valence-corrected chi connectivity index (χ4v) is 2.97. The Balaban J connectivity index is 1.65. The Morgan fingerprint density at radius 1 is 1.35 bits per heavy atom. The molecule has 0 radical (unpaired) electrons. The molecular formula is C20H20FN3O2. The Bertz CT molecular complexity index is 963. The maximum atomic E-state index is 14.3. The van der Waals surface area contributed by atoms with Crippen LogP contribution in [0.5, 0.6) is 0 Å². The van der Waals surface area contributed by atoms with Crippen LogP contribution >= 0.6 is 0 Å². The molecule has 5 nitrogen and oxygen atoms in total. The Kier molecular flexibility index (Phi) is 4.42. The van der Waals surface area contributed by atoms with Crippen LogP contribution in [0.1, 0.15) is 34.5 Å². The highest BCUT2D eigenvalue weighted by atomic mass is 19.1. The van der Waals surface area contributed by atoms with Crippen molar-refractivity contribution in [3.63, 3.8) is 0 Å². The number of nitrogens with one attached hydrogen (secondary N) is 1. The molecular weight excluding hydrogens is 333 g/mol. The number of hydrogen-bond acceptors (Lipinski definition) is 3. The van der Waals surface area contributed by atoms with Crippen LogP contribution in [0.4, 0.5) is 4.39 Å². The predicted molar refractivity (Wildman–Crippen MR) is 96.1 cm³/mol. The lowest BCUT2D eigenvalue weighted by molar-refractivity contribution is 0.0263. The second-order valence-electron chi connectivity index (χ2n) is 6.83. The summed E-state index contributed by atoms with van der Waals surface area (Å²) in [5.41, 5.74) is 5.08. The quantitative estimate of drug-likeness (QED) is 0.689. The lowest BCUT2D eigenvalue weighted by atomic mass is 10.1. The van der Waals surface area contributed by atoms with Gasteiger partial charge >= 0.3 is 0 Å². The number of aromatic nitrogens is 2. The molecule has 2 heterocycles. The molecule has 1 aliphatic carbocycles. The number of hydrogen-bond donors (Lipinski definition) is 1. The first-order chi connectivity index (χ1) is 12.6. The zero-order chi connectivity index (χ0) is 18.1. The first-order valence-electron chi connectivity index (χ1n) is 8.72. The predicted octanol–water partition coefficient (Wildman–Crippen LogP) is 3.60. The normalized spacial score (nSPS) is 13.9. The van der Waals surface area contributed by atoms with E-state index in [9.17, 15) is 9.18 Å². The molecule has 0 unspecified atom stereocenters.